The minimum absolute atomic E-state index is 0.692. The van der Waals surface area contributed by atoms with E-state index in [1.807, 2.05) is 6.20 Å². The van der Waals surface area contributed by atoms with E-state index in [1.165, 1.54) is 24.5 Å². The highest BCUT2D eigenvalue weighted by Gasteiger charge is 2.17. The van der Waals surface area contributed by atoms with Gasteiger partial charge in [0, 0.05) is 30.7 Å². The fraction of sp³-hybridized carbons (Fsp3) is 0.545. The highest BCUT2D eigenvalue weighted by molar-refractivity contribution is 5.51. The molecule has 1 saturated heterocycles. The van der Waals surface area contributed by atoms with E-state index in [-0.39, 0.29) is 0 Å². The third-order valence-electron chi connectivity index (χ3n) is 2.23. The molecule has 1 aromatic rings. The van der Waals surface area contributed by atoms with Crippen LogP contribution in [0.5, 0.6) is 0 Å². The molecule has 0 spiro atoms. The van der Waals surface area contributed by atoms with E-state index in [0.29, 0.717) is 5.92 Å². The number of anilines is 1. The van der Waals surface area contributed by atoms with Crippen LogP contribution in [0.25, 0.3) is 0 Å². The molecule has 2 heterocycles. The smallest absolute Gasteiger partial charge is 0.0426 e. The van der Waals surface area contributed by atoms with E-state index in [1.54, 1.807) is 0 Å². The summed E-state index contributed by atoms with van der Waals surface area (Å²) in [5.41, 5.74) is 2.56. The molecule has 0 radical (unpaired) electrons. The van der Waals surface area contributed by atoms with Crippen molar-refractivity contribution in [1.82, 2.24) is 4.98 Å². The molecule has 0 aromatic carbocycles. The number of hydrogen-bond donors (Lipinski definition) is 0. The summed E-state index contributed by atoms with van der Waals surface area (Å²) in [6, 6.07) is 4.31. The second kappa shape index (κ2) is 3.36. The SMILES string of the molecule is CC(C)Cc1cc(N2CC2)ccn1. The van der Waals surface area contributed by atoms with Gasteiger partial charge in [0.1, 0.15) is 0 Å². The molecule has 1 aliphatic heterocycles. The molecule has 2 nitrogen and oxygen atoms in total. The first kappa shape index (κ1) is 8.54. The molecule has 0 aliphatic carbocycles. The van der Waals surface area contributed by atoms with E-state index < -0.39 is 0 Å². The predicted molar refractivity (Wildman–Crippen MR) is 55.0 cm³/mol. The Bertz CT molecular complexity index is 290. The minimum Gasteiger partial charge on any atom is -0.368 e. The number of aromatic nitrogens is 1. The lowest BCUT2D eigenvalue weighted by Gasteiger charge is -2.06. The van der Waals surface area contributed by atoms with Crippen LogP contribution in [0, 0.1) is 5.92 Å². The maximum atomic E-state index is 4.36. The molecule has 0 bridgehead atoms. The quantitative estimate of drug-likeness (QED) is 0.655. The second-order valence-electron chi connectivity index (χ2n) is 4.09. The van der Waals surface area contributed by atoms with Crippen molar-refractivity contribution < 1.29 is 0 Å². The Balaban J connectivity index is 2.12. The molecule has 1 fully saturated rings. The van der Waals surface area contributed by atoms with Gasteiger partial charge in [-0.3, -0.25) is 4.98 Å². The van der Waals surface area contributed by atoms with E-state index >= 15 is 0 Å². The van der Waals surface area contributed by atoms with Gasteiger partial charge in [0.25, 0.3) is 0 Å². The van der Waals surface area contributed by atoms with Crippen molar-refractivity contribution in [2.24, 2.45) is 5.92 Å². The molecule has 0 N–H and O–H groups in total. The highest BCUT2D eigenvalue weighted by Crippen LogP contribution is 2.21. The molecule has 2 rings (SSSR count). The summed E-state index contributed by atoms with van der Waals surface area (Å²) in [6.45, 7) is 6.88. The van der Waals surface area contributed by atoms with Gasteiger partial charge in [0.2, 0.25) is 0 Å². The first-order chi connectivity index (χ1) is 6.25. The van der Waals surface area contributed by atoms with Crippen molar-refractivity contribution >= 4 is 5.69 Å². The summed E-state index contributed by atoms with van der Waals surface area (Å²) in [4.78, 5) is 6.72. The van der Waals surface area contributed by atoms with Crippen molar-refractivity contribution in [3.63, 3.8) is 0 Å². The Morgan fingerprint density at radius 3 is 2.85 bits per heavy atom. The van der Waals surface area contributed by atoms with Gasteiger partial charge < -0.3 is 4.90 Å². The van der Waals surface area contributed by atoms with Crippen molar-refractivity contribution in [3.8, 4) is 0 Å². The molecule has 0 atom stereocenters. The van der Waals surface area contributed by atoms with Crippen LogP contribution in [-0.2, 0) is 6.42 Å². The largest absolute Gasteiger partial charge is 0.368 e. The van der Waals surface area contributed by atoms with E-state index in [2.05, 4.69) is 35.9 Å². The average molecular weight is 176 g/mol. The van der Waals surface area contributed by atoms with Gasteiger partial charge in [0.15, 0.2) is 0 Å². The predicted octanol–water partition coefficient (Wildman–Crippen LogP) is 2.10. The van der Waals surface area contributed by atoms with Crippen molar-refractivity contribution in [2.45, 2.75) is 20.3 Å². The monoisotopic (exact) mass is 176 g/mol. The molecule has 1 aliphatic rings. The lowest BCUT2D eigenvalue weighted by molar-refractivity contribution is 0.635. The zero-order chi connectivity index (χ0) is 9.26. The van der Waals surface area contributed by atoms with Crippen molar-refractivity contribution in [2.75, 3.05) is 18.0 Å². The molecule has 2 heteroatoms. The maximum Gasteiger partial charge on any atom is 0.0426 e. The molecule has 13 heavy (non-hydrogen) atoms. The third-order valence-corrected chi connectivity index (χ3v) is 2.23. The van der Waals surface area contributed by atoms with Gasteiger partial charge in [-0.25, -0.2) is 0 Å². The van der Waals surface area contributed by atoms with Crippen LogP contribution in [0.1, 0.15) is 19.5 Å². The normalized spacial score (nSPS) is 15.2. The first-order valence-electron chi connectivity index (χ1n) is 4.95. The van der Waals surface area contributed by atoms with Gasteiger partial charge in [-0.05, 0) is 24.5 Å². The fourth-order valence-corrected chi connectivity index (χ4v) is 1.50. The van der Waals surface area contributed by atoms with Gasteiger partial charge >= 0.3 is 0 Å². The van der Waals surface area contributed by atoms with Crippen LogP contribution in [0.15, 0.2) is 18.3 Å². The average Bonchev–Trinajstić information content (AvgIpc) is 2.85. The Morgan fingerprint density at radius 1 is 1.46 bits per heavy atom. The van der Waals surface area contributed by atoms with Crippen molar-refractivity contribution in [3.05, 3.63) is 24.0 Å². The molecule has 0 saturated carbocycles. The molecule has 1 aromatic heterocycles. The van der Waals surface area contributed by atoms with Crippen LogP contribution in [0.4, 0.5) is 5.69 Å². The fourth-order valence-electron chi connectivity index (χ4n) is 1.50. The molecular formula is C11H16N2. The highest BCUT2D eigenvalue weighted by atomic mass is 15.3. The number of pyridine rings is 1. The van der Waals surface area contributed by atoms with Crippen LogP contribution in [0.2, 0.25) is 0 Å². The van der Waals surface area contributed by atoms with Crippen LogP contribution >= 0.6 is 0 Å². The van der Waals surface area contributed by atoms with E-state index in [4.69, 9.17) is 0 Å². The molecule has 70 valence electrons. The first-order valence-corrected chi connectivity index (χ1v) is 4.95. The molecule has 0 unspecified atom stereocenters. The molecular weight excluding hydrogens is 160 g/mol. The van der Waals surface area contributed by atoms with Gasteiger partial charge in [-0.15, -0.1) is 0 Å². The zero-order valence-electron chi connectivity index (χ0n) is 8.33. The number of nitrogens with zero attached hydrogens (tertiary/aromatic N) is 2. The Morgan fingerprint density at radius 2 is 2.23 bits per heavy atom. The summed E-state index contributed by atoms with van der Waals surface area (Å²) in [7, 11) is 0. The Labute approximate surface area is 79.6 Å². The Hall–Kier alpha value is -1.05. The summed E-state index contributed by atoms with van der Waals surface area (Å²) in [6.07, 6.45) is 3.01. The summed E-state index contributed by atoms with van der Waals surface area (Å²) in [5, 5.41) is 0. The summed E-state index contributed by atoms with van der Waals surface area (Å²) < 4.78 is 0. The standard InChI is InChI=1S/C11H16N2/c1-9(2)7-10-8-11(3-4-12-10)13-5-6-13/h3-4,8-9H,5-7H2,1-2H3. The third kappa shape index (κ3) is 2.20. The van der Waals surface area contributed by atoms with Crippen molar-refractivity contribution in [1.29, 1.82) is 0 Å². The van der Waals surface area contributed by atoms with Gasteiger partial charge in [-0.2, -0.15) is 0 Å². The molecule has 0 amide bonds. The van der Waals surface area contributed by atoms with E-state index in [9.17, 15) is 0 Å². The number of hydrogen-bond acceptors (Lipinski definition) is 2. The summed E-state index contributed by atoms with van der Waals surface area (Å²) >= 11 is 0. The zero-order valence-corrected chi connectivity index (χ0v) is 8.33. The summed E-state index contributed by atoms with van der Waals surface area (Å²) in [5.74, 6) is 0.692. The van der Waals surface area contributed by atoms with Crippen LogP contribution in [0.3, 0.4) is 0 Å². The minimum atomic E-state index is 0.692. The lowest BCUT2D eigenvalue weighted by atomic mass is 10.1. The Kier molecular flexibility index (Phi) is 2.21. The van der Waals surface area contributed by atoms with Crippen LogP contribution in [-0.4, -0.2) is 18.1 Å². The maximum absolute atomic E-state index is 4.36. The van der Waals surface area contributed by atoms with E-state index in [0.717, 1.165) is 6.42 Å². The topological polar surface area (TPSA) is 15.9 Å². The second-order valence-corrected chi connectivity index (χ2v) is 4.09. The van der Waals surface area contributed by atoms with Gasteiger partial charge in [-0.1, -0.05) is 13.8 Å². The van der Waals surface area contributed by atoms with Crippen LogP contribution < -0.4 is 4.90 Å². The lowest BCUT2D eigenvalue weighted by Crippen LogP contribution is -1.99. The number of rotatable bonds is 3. The van der Waals surface area contributed by atoms with Gasteiger partial charge in [0.05, 0.1) is 0 Å².